The first-order chi connectivity index (χ1) is 9.95. The molecule has 4 nitrogen and oxygen atoms in total. The molecule has 0 N–H and O–H groups in total. The van der Waals surface area contributed by atoms with E-state index >= 15 is 0 Å². The molecule has 0 amide bonds. The Hall–Kier alpha value is -0.430. The molecule has 0 unspecified atom stereocenters. The van der Waals surface area contributed by atoms with Crippen molar-refractivity contribution in [1.82, 2.24) is 9.21 Å². The van der Waals surface area contributed by atoms with E-state index in [1.54, 1.807) is 22.5 Å². The molecule has 6 heteroatoms. The van der Waals surface area contributed by atoms with E-state index in [-0.39, 0.29) is 0 Å². The van der Waals surface area contributed by atoms with Crippen LogP contribution in [-0.2, 0) is 10.0 Å². The minimum Gasteiger partial charge on any atom is -0.304 e. The van der Waals surface area contributed by atoms with Crippen LogP contribution in [-0.4, -0.2) is 50.3 Å². The van der Waals surface area contributed by atoms with Crippen LogP contribution < -0.4 is 0 Å². The molecule has 0 aromatic heterocycles. The quantitative estimate of drug-likeness (QED) is 0.664. The average molecular weight is 377 g/mol. The van der Waals surface area contributed by atoms with Gasteiger partial charge in [-0.25, -0.2) is 8.42 Å². The summed E-state index contributed by atoms with van der Waals surface area (Å²) in [6, 6.07) is 6.88. The van der Waals surface area contributed by atoms with E-state index in [2.05, 4.69) is 34.7 Å². The lowest BCUT2D eigenvalue weighted by Gasteiger charge is -2.23. The second-order valence-electron chi connectivity index (χ2n) is 4.83. The van der Waals surface area contributed by atoms with E-state index in [1.807, 2.05) is 13.0 Å². The third-order valence-corrected chi connectivity index (χ3v) is 6.03. The van der Waals surface area contributed by atoms with Gasteiger partial charge in [0.15, 0.2) is 0 Å². The van der Waals surface area contributed by atoms with Crippen LogP contribution in [0.25, 0.3) is 0 Å². The molecule has 0 heterocycles. The first-order valence-corrected chi connectivity index (χ1v) is 9.67. The van der Waals surface area contributed by atoms with E-state index in [9.17, 15) is 8.42 Å². The summed E-state index contributed by atoms with van der Waals surface area (Å²) in [5.74, 6) is 0. The molecule has 0 radical (unpaired) electrons. The first-order valence-electron chi connectivity index (χ1n) is 7.43. The van der Waals surface area contributed by atoms with Crippen molar-refractivity contribution in [2.24, 2.45) is 0 Å². The molecule has 0 saturated heterocycles. The molecule has 1 rings (SSSR count). The van der Waals surface area contributed by atoms with Crippen molar-refractivity contribution in [2.75, 3.05) is 32.7 Å². The van der Waals surface area contributed by atoms with Crippen molar-refractivity contribution < 1.29 is 8.42 Å². The zero-order chi connectivity index (χ0) is 15.9. The lowest BCUT2D eigenvalue weighted by atomic mass is 10.3. The Kier molecular flexibility index (Phi) is 7.87. The van der Waals surface area contributed by atoms with Gasteiger partial charge in [-0.2, -0.15) is 4.31 Å². The van der Waals surface area contributed by atoms with Gasteiger partial charge in [0, 0.05) is 17.6 Å². The maximum atomic E-state index is 12.6. The van der Waals surface area contributed by atoms with Crippen LogP contribution in [0.3, 0.4) is 0 Å². The van der Waals surface area contributed by atoms with Crippen LogP contribution in [0.15, 0.2) is 33.6 Å². The Bertz CT molecular complexity index is 530. The zero-order valence-corrected chi connectivity index (χ0v) is 15.5. The Morgan fingerprint density at radius 2 is 1.71 bits per heavy atom. The number of sulfonamides is 1. The van der Waals surface area contributed by atoms with Crippen molar-refractivity contribution in [3.8, 4) is 0 Å². The summed E-state index contributed by atoms with van der Waals surface area (Å²) in [4.78, 5) is 2.65. The standard InChI is InChI=1S/C15H25BrN2O2S/c1-4-17(5-2)11-8-12-18(6-3)21(19,20)15-10-7-9-14(16)13-15/h7,9-10,13H,4-6,8,11-12H2,1-3H3. The molecule has 120 valence electrons. The summed E-state index contributed by atoms with van der Waals surface area (Å²) >= 11 is 3.33. The summed E-state index contributed by atoms with van der Waals surface area (Å²) in [5, 5.41) is 0. The van der Waals surface area contributed by atoms with Crippen molar-refractivity contribution in [2.45, 2.75) is 32.1 Å². The summed E-state index contributed by atoms with van der Waals surface area (Å²) < 4.78 is 27.6. The third kappa shape index (κ3) is 5.36. The molecule has 1 aromatic carbocycles. The molecule has 0 saturated carbocycles. The predicted molar refractivity (Wildman–Crippen MR) is 91.0 cm³/mol. The second kappa shape index (κ2) is 8.88. The zero-order valence-electron chi connectivity index (χ0n) is 13.0. The van der Waals surface area contributed by atoms with Gasteiger partial charge < -0.3 is 4.90 Å². The molecule has 0 aliphatic heterocycles. The minimum absolute atomic E-state index is 0.349. The van der Waals surface area contributed by atoms with Gasteiger partial charge in [0.05, 0.1) is 4.90 Å². The molecule has 0 fully saturated rings. The van der Waals surface area contributed by atoms with Gasteiger partial charge in [0.2, 0.25) is 10.0 Å². The maximum Gasteiger partial charge on any atom is 0.243 e. The largest absolute Gasteiger partial charge is 0.304 e. The summed E-state index contributed by atoms with van der Waals surface area (Å²) in [5.41, 5.74) is 0. The Labute approximate surface area is 137 Å². The molecular weight excluding hydrogens is 352 g/mol. The predicted octanol–water partition coefficient (Wildman–Crippen LogP) is 3.19. The highest BCUT2D eigenvalue weighted by atomic mass is 79.9. The topological polar surface area (TPSA) is 40.6 Å². The van der Waals surface area contributed by atoms with Gasteiger partial charge in [0.25, 0.3) is 0 Å². The molecule has 0 bridgehead atoms. The Balaban J connectivity index is 2.74. The van der Waals surface area contributed by atoms with Crippen LogP contribution in [0.2, 0.25) is 0 Å². The lowest BCUT2D eigenvalue weighted by molar-refractivity contribution is 0.285. The Morgan fingerprint density at radius 1 is 1.05 bits per heavy atom. The van der Waals surface area contributed by atoms with Gasteiger partial charge in [-0.3, -0.25) is 0 Å². The van der Waals surface area contributed by atoms with Gasteiger partial charge in [-0.05, 0) is 44.3 Å². The third-order valence-electron chi connectivity index (χ3n) is 3.56. The summed E-state index contributed by atoms with van der Waals surface area (Å²) in [6.07, 6.45) is 0.850. The van der Waals surface area contributed by atoms with Crippen molar-refractivity contribution >= 4 is 26.0 Å². The molecular formula is C15H25BrN2O2S. The van der Waals surface area contributed by atoms with Gasteiger partial charge in [0.1, 0.15) is 0 Å². The summed E-state index contributed by atoms with van der Waals surface area (Å²) in [6.45, 7) is 10.1. The van der Waals surface area contributed by atoms with Crippen LogP contribution in [0, 0.1) is 0 Å². The number of nitrogens with zero attached hydrogens (tertiary/aromatic N) is 2. The SMILES string of the molecule is CCN(CC)CCCN(CC)S(=O)(=O)c1cccc(Br)c1. The number of benzene rings is 1. The van der Waals surface area contributed by atoms with Gasteiger partial charge in [-0.1, -0.05) is 42.8 Å². The average Bonchev–Trinajstić information content (AvgIpc) is 2.47. The molecule has 1 aromatic rings. The van der Waals surface area contributed by atoms with Crippen LogP contribution in [0.5, 0.6) is 0 Å². The number of rotatable bonds is 9. The van der Waals surface area contributed by atoms with Crippen molar-refractivity contribution in [3.05, 3.63) is 28.7 Å². The number of hydrogen-bond donors (Lipinski definition) is 0. The highest BCUT2D eigenvalue weighted by molar-refractivity contribution is 9.10. The maximum absolute atomic E-state index is 12.6. The number of hydrogen-bond acceptors (Lipinski definition) is 3. The van der Waals surface area contributed by atoms with Crippen LogP contribution in [0.4, 0.5) is 0 Å². The minimum atomic E-state index is -3.40. The molecule has 0 atom stereocenters. The molecule has 0 aliphatic carbocycles. The summed E-state index contributed by atoms with van der Waals surface area (Å²) in [7, 11) is -3.40. The molecule has 0 aliphatic rings. The highest BCUT2D eigenvalue weighted by Crippen LogP contribution is 2.20. The van der Waals surface area contributed by atoms with Crippen LogP contribution in [0.1, 0.15) is 27.2 Å². The van der Waals surface area contributed by atoms with E-state index in [1.165, 1.54) is 0 Å². The van der Waals surface area contributed by atoms with Gasteiger partial charge in [-0.15, -0.1) is 0 Å². The smallest absolute Gasteiger partial charge is 0.243 e. The monoisotopic (exact) mass is 376 g/mol. The normalized spacial score (nSPS) is 12.3. The van der Waals surface area contributed by atoms with Crippen molar-refractivity contribution in [3.63, 3.8) is 0 Å². The van der Waals surface area contributed by atoms with E-state index in [0.717, 1.165) is 30.5 Å². The van der Waals surface area contributed by atoms with E-state index in [0.29, 0.717) is 18.0 Å². The molecule has 21 heavy (non-hydrogen) atoms. The van der Waals surface area contributed by atoms with Crippen molar-refractivity contribution in [1.29, 1.82) is 0 Å². The second-order valence-corrected chi connectivity index (χ2v) is 7.69. The fourth-order valence-electron chi connectivity index (χ4n) is 2.24. The fraction of sp³-hybridized carbons (Fsp3) is 0.600. The highest BCUT2D eigenvalue weighted by Gasteiger charge is 2.22. The lowest BCUT2D eigenvalue weighted by Crippen LogP contribution is -2.34. The van der Waals surface area contributed by atoms with E-state index in [4.69, 9.17) is 0 Å². The first kappa shape index (κ1) is 18.6. The fourth-order valence-corrected chi connectivity index (χ4v) is 4.32. The van der Waals surface area contributed by atoms with Gasteiger partial charge >= 0.3 is 0 Å². The number of halogens is 1. The van der Waals surface area contributed by atoms with Crippen LogP contribution >= 0.6 is 15.9 Å². The Morgan fingerprint density at radius 3 is 2.24 bits per heavy atom. The van der Waals surface area contributed by atoms with E-state index < -0.39 is 10.0 Å². The molecule has 0 spiro atoms.